The van der Waals surface area contributed by atoms with Gasteiger partial charge < -0.3 is 14.8 Å². The van der Waals surface area contributed by atoms with Gasteiger partial charge in [0.15, 0.2) is 17.6 Å². The van der Waals surface area contributed by atoms with Gasteiger partial charge in [0.2, 0.25) is 0 Å². The number of carbonyl (C=O) groups is 2. The van der Waals surface area contributed by atoms with E-state index in [4.69, 9.17) is 9.47 Å². The number of para-hydroxylation sites is 1. The van der Waals surface area contributed by atoms with Crippen molar-refractivity contribution in [1.82, 2.24) is 0 Å². The van der Waals surface area contributed by atoms with E-state index >= 15 is 0 Å². The second-order valence-corrected chi connectivity index (χ2v) is 5.44. The first kappa shape index (κ1) is 18.9. The van der Waals surface area contributed by atoms with Gasteiger partial charge in [-0.15, -0.1) is 0 Å². The van der Waals surface area contributed by atoms with Crippen molar-refractivity contribution < 1.29 is 24.0 Å². The third kappa shape index (κ3) is 4.35. The van der Waals surface area contributed by atoms with Gasteiger partial charge in [0, 0.05) is 5.56 Å². The van der Waals surface area contributed by atoms with E-state index in [-0.39, 0.29) is 17.2 Å². The van der Waals surface area contributed by atoms with Crippen LogP contribution in [-0.2, 0) is 4.79 Å². The van der Waals surface area contributed by atoms with Crippen LogP contribution in [0.1, 0.15) is 24.2 Å². The summed E-state index contributed by atoms with van der Waals surface area (Å²) in [4.78, 5) is 34.5. The van der Waals surface area contributed by atoms with Gasteiger partial charge in [-0.3, -0.25) is 19.7 Å². The standard InChI is InChI=1S/C18H18N2O6/c1-11(21)14-6-4-5-7-15(14)19-18(22)12(2)26-17-9-8-13(25-3)10-16(17)20(23)24/h4-10,12H,1-3H3,(H,19,22)/t12-/m0/s1. The molecule has 1 N–H and O–H groups in total. The molecule has 136 valence electrons. The van der Waals surface area contributed by atoms with E-state index in [1.807, 2.05) is 0 Å². The van der Waals surface area contributed by atoms with Crippen molar-refractivity contribution in [3.63, 3.8) is 0 Å². The number of ketones is 1. The average molecular weight is 358 g/mol. The van der Waals surface area contributed by atoms with Crippen LogP contribution >= 0.6 is 0 Å². The molecule has 1 amide bonds. The number of methoxy groups -OCH3 is 1. The number of carbonyl (C=O) groups excluding carboxylic acids is 2. The molecule has 0 radical (unpaired) electrons. The van der Waals surface area contributed by atoms with Crippen molar-refractivity contribution >= 4 is 23.1 Å². The molecule has 0 saturated heterocycles. The van der Waals surface area contributed by atoms with Crippen LogP contribution in [0, 0.1) is 10.1 Å². The van der Waals surface area contributed by atoms with Gasteiger partial charge in [-0.1, -0.05) is 12.1 Å². The summed E-state index contributed by atoms with van der Waals surface area (Å²) in [6.07, 6.45) is -1.03. The Balaban J connectivity index is 2.18. The fraction of sp³-hybridized carbons (Fsp3) is 0.222. The lowest BCUT2D eigenvalue weighted by Gasteiger charge is -2.16. The Labute approximate surface area is 149 Å². The summed E-state index contributed by atoms with van der Waals surface area (Å²) in [6.45, 7) is 2.85. The molecule has 2 aromatic rings. The van der Waals surface area contributed by atoms with Crippen LogP contribution in [0.15, 0.2) is 42.5 Å². The molecule has 2 rings (SSSR count). The van der Waals surface area contributed by atoms with Crippen LogP contribution in [0.2, 0.25) is 0 Å². The van der Waals surface area contributed by atoms with E-state index in [2.05, 4.69) is 5.32 Å². The van der Waals surface area contributed by atoms with E-state index < -0.39 is 16.9 Å². The fourth-order valence-electron chi connectivity index (χ4n) is 2.24. The van der Waals surface area contributed by atoms with E-state index in [0.29, 0.717) is 17.0 Å². The monoisotopic (exact) mass is 358 g/mol. The Bertz CT molecular complexity index is 849. The lowest BCUT2D eigenvalue weighted by atomic mass is 10.1. The van der Waals surface area contributed by atoms with Gasteiger partial charge in [-0.05, 0) is 38.1 Å². The molecule has 26 heavy (non-hydrogen) atoms. The maximum atomic E-state index is 12.4. The molecule has 0 aliphatic heterocycles. The summed E-state index contributed by atoms with van der Waals surface area (Å²) < 4.78 is 10.4. The second-order valence-electron chi connectivity index (χ2n) is 5.44. The largest absolute Gasteiger partial charge is 0.496 e. The summed E-state index contributed by atoms with van der Waals surface area (Å²) >= 11 is 0. The number of amides is 1. The molecular weight excluding hydrogens is 340 g/mol. The number of benzene rings is 2. The predicted molar refractivity (Wildman–Crippen MR) is 94.8 cm³/mol. The molecule has 0 bridgehead atoms. The van der Waals surface area contributed by atoms with Crippen molar-refractivity contribution in [2.75, 3.05) is 12.4 Å². The topological polar surface area (TPSA) is 108 Å². The molecule has 0 aromatic heterocycles. The fourth-order valence-corrected chi connectivity index (χ4v) is 2.24. The first-order valence-electron chi connectivity index (χ1n) is 7.73. The highest BCUT2D eigenvalue weighted by Crippen LogP contribution is 2.31. The quantitative estimate of drug-likeness (QED) is 0.462. The van der Waals surface area contributed by atoms with E-state index in [0.717, 1.165) is 0 Å². The number of ether oxygens (including phenoxy) is 2. The number of nitro benzene ring substituents is 1. The van der Waals surface area contributed by atoms with Gasteiger partial charge in [-0.25, -0.2) is 0 Å². The maximum absolute atomic E-state index is 12.4. The van der Waals surface area contributed by atoms with Gasteiger partial charge in [0.25, 0.3) is 5.91 Å². The zero-order chi connectivity index (χ0) is 19.3. The van der Waals surface area contributed by atoms with Crippen molar-refractivity contribution in [2.24, 2.45) is 0 Å². The Hall–Kier alpha value is -3.42. The summed E-state index contributed by atoms with van der Waals surface area (Å²) in [5.41, 5.74) is 0.404. The van der Waals surface area contributed by atoms with Crippen LogP contribution in [0.25, 0.3) is 0 Å². The van der Waals surface area contributed by atoms with Crippen molar-refractivity contribution in [2.45, 2.75) is 20.0 Å². The van der Waals surface area contributed by atoms with Crippen LogP contribution < -0.4 is 14.8 Å². The zero-order valence-corrected chi connectivity index (χ0v) is 14.5. The Kier molecular flexibility index (Phi) is 5.90. The highest BCUT2D eigenvalue weighted by atomic mass is 16.6. The third-order valence-electron chi connectivity index (χ3n) is 3.60. The number of nitro groups is 1. The average Bonchev–Trinajstić information content (AvgIpc) is 2.62. The first-order valence-corrected chi connectivity index (χ1v) is 7.73. The SMILES string of the molecule is COc1ccc(O[C@@H](C)C(=O)Nc2ccccc2C(C)=O)c([N+](=O)[O-])c1. The number of rotatable bonds is 7. The Morgan fingerprint density at radius 2 is 1.88 bits per heavy atom. The predicted octanol–water partition coefficient (Wildman–Crippen LogP) is 3.21. The van der Waals surface area contributed by atoms with Crippen LogP contribution in [0.4, 0.5) is 11.4 Å². The summed E-state index contributed by atoms with van der Waals surface area (Å²) in [5.74, 6) is -0.487. The first-order chi connectivity index (χ1) is 12.3. The van der Waals surface area contributed by atoms with E-state index in [1.54, 1.807) is 24.3 Å². The normalized spacial score (nSPS) is 11.3. The molecule has 1 atom stereocenters. The summed E-state index contributed by atoms with van der Waals surface area (Å²) in [7, 11) is 1.39. The highest BCUT2D eigenvalue weighted by Gasteiger charge is 2.23. The smallest absolute Gasteiger partial charge is 0.314 e. The number of hydrogen-bond acceptors (Lipinski definition) is 6. The summed E-state index contributed by atoms with van der Waals surface area (Å²) in [6, 6.07) is 10.6. The molecule has 0 heterocycles. The van der Waals surface area contributed by atoms with Crippen molar-refractivity contribution in [3.05, 3.63) is 58.1 Å². The van der Waals surface area contributed by atoms with Crippen LogP contribution in [-0.4, -0.2) is 29.8 Å². The Morgan fingerprint density at radius 1 is 1.19 bits per heavy atom. The van der Waals surface area contributed by atoms with Gasteiger partial charge >= 0.3 is 5.69 Å². The third-order valence-corrected chi connectivity index (χ3v) is 3.60. The number of nitrogens with one attached hydrogen (secondary N) is 1. The molecule has 8 heteroatoms. The molecule has 8 nitrogen and oxygen atoms in total. The number of anilines is 1. The molecule has 2 aromatic carbocycles. The van der Waals surface area contributed by atoms with Crippen LogP contribution in [0.3, 0.4) is 0 Å². The van der Waals surface area contributed by atoms with Gasteiger partial charge in [0.1, 0.15) is 5.75 Å². The van der Waals surface area contributed by atoms with Crippen molar-refractivity contribution in [1.29, 1.82) is 0 Å². The number of nitrogens with zero attached hydrogens (tertiary/aromatic N) is 1. The van der Waals surface area contributed by atoms with E-state index in [9.17, 15) is 19.7 Å². The molecule has 0 spiro atoms. The summed E-state index contributed by atoms with van der Waals surface area (Å²) in [5, 5.41) is 13.8. The second kappa shape index (κ2) is 8.11. The minimum Gasteiger partial charge on any atom is -0.496 e. The lowest BCUT2D eigenvalue weighted by molar-refractivity contribution is -0.386. The highest BCUT2D eigenvalue weighted by molar-refractivity contribution is 6.04. The minimum absolute atomic E-state index is 0.0571. The van der Waals surface area contributed by atoms with E-state index in [1.165, 1.54) is 39.2 Å². The lowest BCUT2D eigenvalue weighted by Crippen LogP contribution is -2.30. The van der Waals surface area contributed by atoms with Crippen molar-refractivity contribution in [3.8, 4) is 11.5 Å². The van der Waals surface area contributed by atoms with Gasteiger partial charge in [-0.2, -0.15) is 0 Å². The Morgan fingerprint density at radius 3 is 2.50 bits per heavy atom. The molecular formula is C18H18N2O6. The zero-order valence-electron chi connectivity index (χ0n) is 14.5. The number of hydrogen-bond donors (Lipinski definition) is 1. The molecule has 0 unspecified atom stereocenters. The molecule has 0 saturated carbocycles. The minimum atomic E-state index is -1.03. The maximum Gasteiger partial charge on any atom is 0.314 e. The molecule has 0 fully saturated rings. The van der Waals surface area contributed by atoms with Crippen LogP contribution in [0.5, 0.6) is 11.5 Å². The van der Waals surface area contributed by atoms with Gasteiger partial charge in [0.05, 0.1) is 23.8 Å². The number of Topliss-reactive ketones (excluding diaryl/α,β-unsaturated/α-hetero) is 1. The molecule has 0 aliphatic carbocycles. The molecule has 0 aliphatic rings.